The molecule has 5 N–H and O–H groups in total. The van der Waals surface area contributed by atoms with Gasteiger partial charge in [0, 0.05) is 11.6 Å². The highest BCUT2D eigenvalue weighted by Gasteiger charge is 2.14. The van der Waals surface area contributed by atoms with Crippen LogP contribution in [0.4, 0.5) is 17.1 Å². The first-order valence-electron chi connectivity index (χ1n) is 7.42. The molecule has 0 atom stereocenters. The number of nitrogens with zero attached hydrogens (tertiary/aromatic N) is 1. The fraction of sp³-hybridized carbons (Fsp3) is 0.235. The summed E-state index contributed by atoms with van der Waals surface area (Å²) in [4.78, 5) is 12.5. The van der Waals surface area contributed by atoms with E-state index in [-0.39, 0.29) is 11.9 Å². The summed E-state index contributed by atoms with van der Waals surface area (Å²) in [6, 6.07) is 10.5. The monoisotopic (exact) mass is 392 g/mol. The lowest BCUT2D eigenvalue weighted by Crippen LogP contribution is -2.38. The minimum Gasteiger partial charge on any atom is -0.495 e. The number of benzene rings is 2. The fourth-order valence-electron chi connectivity index (χ4n) is 2.17. The second kappa shape index (κ2) is 7.55. The van der Waals surface area contributed by atoms with Crippen molar-refractivity contribution in [2.45, 2.75) is 19.9 Å². The van der Waals surface area contributed by atoms with Gasteiger partial charge in [-0.3, -0.25) is 4.79 Å². The molecule has 128 valence electrons. The standard InChI is InChI=1S/C17H21BrN4O2/c1-10(2)22(20)14-8-7-11(9-12(14)19)17(23)21-13-5-4-6-15(24-3)16(13)18/h4-10H,19-20H2,1-3H3,(H,21,23). The lowest BCUT2D eigenvalue weighted by atomic mass is 10.1. The largest absolute Gasteiger partial charge is 0.495 e. The van der Waals surface area contributed by atoms with Gasteiger partial charge in [0.2, 0.25) is 0 Å². The zero-order valence-electron chi connectivity index (χ0n) is 13.8. The molecule has 0 spiro atoms. The van der Waals surface area contributed by atoms with Gasteiger partial charge in [0.15, 0.2) is 0 Å². The summed E-state index contributed by atoms with van der Waals surface area (Å²) in [6.45, 7) is 3.92. The van der Waals surface area contributed by atoms with Crippen molar-refractivity contribution >= 4 is 38.9 Å². The van der Waals surface area contributed by atoms with E-state index in [0.717, 1.165) is 0 Å². The van der Waals surface area contributed by atoms with Gasteiger partial charge in [-0.15, -0.1) is 0 Å². The van der Waals surface area contributed by atoms with Crippen LogP contribution in [0, 0.1) is 0 Å². The van der Waals surface area contributed by atoms with Crippen molar-refractivity contribution in [1.29, 1.82) is 0 Å². The quantitative estimate of drug-likeness (QED) is 0.411. The minimum atomic E-state index is -0.268. The van der Waals surface area contributed by atoms with Crippen LogP contribution in [0.15, 0.2) is 40.9 Å². The molecule has 24 heavy (non-hydrogen) atoms. The van der Waals surface area contributed by atoms with Crippen molar-refractivity contribution in [2.75, 3.05) is 23.2 Å². The highest BCUT2D eigenvalue weighted by atomic mass is 79.9. The molecule has 0 radical (unpaired) electrons. The molecule has 2 rings (SSSR count). The zero-order chi connectivity index (χ0) is 17.9. The Hall–Kier alpha value is -2.25. The Balaban J connectivity index is 2.24. The summed E-state index contributed by atoms with van der Waals surface area (Å²) < 4.78 is 5.90. The van der Waals surface area contributed by atoms with Crippen LogP contribution >= 0.6 is 15.9 Å². The van der Waals surface area contributed by atoms with E-state index in [2.05, 4.69) is 21.2 Å². The Morgan fingerprint density at radius 3 is 2.58 bits per heavy atom. The average Bonchev–Trinajstić information content (AvgIpc) is 2.55. The fourth-order valence-corrected chi connectivity index (χ4v) is 2.69. The van der Waals surface area contributed by atoms with Crippen molar-refractivity contribution in [3.63, 3.8) is 0 Å². The van der Waals surface area contributed by atoms with Gasteiger partial charge in [0.05, 0.1) is 28.6 Å². The average molecular weight is 393 g/mol. The van der Waals surface area contributed by atoms with Gasteiger partial charge in [0.25, 0.3) is 5.91 Å². The minimum absolute atomic E-state index is 0.0970. The summed E-state index contributed by atoms with van der Waals surface area (Å²) in [6.07, 6.45) is 0. The lowest BCUT2D eigenvalue weighted by Gasteiger charge is -2.24. The summed E-state index contributed by atoms with van der Waals surface area (Å²) in [5.41, 5.74) is 8.23. The molecule has 0 unspecified atom stereocenters. The first-order chi connectivity index (χ1) is 11.3. The predicted octanol–water partition coefficient (Wildman–Crippen LogP) is 3.38. The van der Waals surface area contributed by atoms with Crippen molar-refractivity contribution in [1.82, 2.24) is 0 Å². The molecule has 7 heteroatoms. The molecule has 2 aromatic carbocycles. The van der Waals surface area contributed by atoms with E-state index in [0.29, 0.717) is 32.8 Å². The molecule has 1 amide bonds. The third kappa shape index (κ3) is 3.80. The smallest absolute Gasteiger partial charge is 0.255 e. The highest BCUT2D eigenvalue weighted by Crippen LogP contribution is 2.32. The summed E-state index contributed by atoms with van der Waals surface area (Å²) in [5, 5.41) is 4.40. The number of nitrogen functional groups attached to an aromatic ring is 1. The number of carbonyl (C=O) groups excluding carboxylic acids is 1. The third-order valence-electron chi connectivity index (χ3n) is 3.56. The number of hydrogen-bond acceptors (Lipinski definition) is 5. The third-order valence-corrected chi connectivity index (χ3v) is 4.37. The number of anilines is 3. The van der Waals surface area contributed by atoms with E-state index in [1.165, 1.54) is 0 Å². The number of carbonyl (C=O) groups is 1. The molecule has 0 aliphatic carbocycles. The van der Waals surface area contributed by atoms with Gasteiger partial charge in [-0.2, -0.15) is 0 Å². The Labute approximate surface area is 149 Å². The molecule has 0 aromatic heterocycles. The Morgan fingerprint density at radius 2 is 2.00 bits per heavy atom. The van der Waals surface area contributed by atoms with Crippen LogP contribution in [-0.2, 0) is 0 Å². The van der Waals surface area contributed by atoms with Gasteiger partial charge in [0.1, 0.15) is 5.75 Å². The van der Waals surface area contributed by atoms with Gasteiger partial charge in [-0.25, -0.2) is 5.84 Å². The van der Waals surface area contributed by atoms with Gasteiger partial charge in [-0.1, -0.05) is 6.07 Å². The number of hydrazine groups is 1. The SMILES string of the molecule is COc1cccc(NC(=O)c2ccc(N(N)C(C)C)c(N)c2)c1Br. The molecule has 0 aliphatic rings. The van der Waals surface area contributed by atoms with Crippen LogP contribution < -0.4 is 26.6 Å². The van der Waals surface area contributed by atoms with Crippen molar-refractivity contribution in [3.8, 4) is 5.75 Å². The zero-order valence-corrected chi connectivity index (χ0v) is 15.4. The van der Waals surface area contributed by atoms with E-state index < -0.39 is 0 Å². The van der Waals surface area contributed by atoms with E-state index in [9.17, 15) is 4.79 Å². The van der Waals surface area contributed by atoms with Gasteiger partial charge in [-0.05, 0) is 60.1 Å². The second-order valence-corrected chi connectivity index (χ2v) is 6.34. The molecular formula is C17H21BrN4O2. The highest BCUT2D eigenvalue weighted by molar-refractivity contribution is 9.10. The number of methoxy groups -OCH3 is 1. The topological polar surface area (TPSA) is 93.6 Å². The molecule has 0 aliphatic heterocycles. The summed E-state index contributed by atoms with van der Waals surface area (Å²) in [5.74, 6) is 6.34. The Bertz CT molecular complexity index is 749. The number of hydrogen-bond donors (Lipinski definition) is 3. The van der Waals surface area contributed by atoms with Crippen LogP contribution in [-0.4, -0.2) is 19.1 Å². The summed E-state index contributed by atoms with van der Waals surface area (Å²) >= 11 is 3.42. The van der Waals surface area contributed by atoms with E-state index in [1.807, 2.05) is 13.8 Å². The molecule has 6 nitrogen and oxygen atoms in total. The maximum absolute atomic E-state index is 12.5. The van der Waals surface area contributed by atoms with Crippen LogP contribution in [0.25, 0.3) is 0 Å². The van der Waals surface area contributed by atoms with Crippen LogP contribution in [0.2, 0.25) is 0 Å². The molecular weight excluding hydrogens is 372 g/mol. The molecule has 2 aromatic rings. The molecule has 0 heterocycles. The Morgan fingerprint density at radius 1 is 1.29 bits per heavy atom. The Kier molecular flexibility index (Phi) is 5.69. The molecule has 0 bridgehead atoms. The number of ether oxygens (including phenoxy) is 1. The van der Waals surface area contributed by atoms with Crippen LogP contribution in [0.5, 0.6) is 5.75 Å². The first kappa shape index (κ1) is 18.1. The number of halogens is 1. The number of nitrogens with one attached hydrogen (secondary N) is 1. The maximum Gasteiger partial charge on any atom is 0.255 e. The van der Waals surface area contributed by atoms with Gasteiger partial charge >= 0.3 is 0 Å². The predicted molar refractivity (Wildman–Crippen MR) is 101 cm³/mol. The van der Waals surface area contributed by atoms with E-state index >= 15 is 0 Å². The van der Waals surface area contributed by atoms with Crippen molar-refractivity contribution in [2.24, 2.45) is 5.84 Å². The van der Waals surface area contributed by atoms with Crippen molar-refractivity contribution < 1.29 is 9.53 Å². The number of nitrogens with two attached hydrogens (primary N) is 2. The van der Waals surface area contributed by atoms with Crippen LogP contribution in [0.1, 0.15) is 24.2 Å². The molecule has 0 fully saturated rings. The number of rotatable bonds is 5. The lowest BCUT2D eigenvalue weighted by molar-refractivity contribution is 0.102. The first-order valence-corrected chi connectivity index (χ1v) is 8.21. The summed E-state index contributed by atoms with van der Waals surface area (Å²) in [7, 11) is 1.57. The number of amides is 1. The molecule has 0 saturated heterocycles. The maximum atomic E-state index is 12.5. The second-order valence-electron chi connectivity index (χ2n) is 5.55. The normalized spacial score (nSPS) is 10.6. The van der Waals surface area contributed by atoms with Gasteiger partial charge < -0.3 is 20.8 Å². The molecule has 0 saturated carbocycles. The van der Waals surface area contributed by atoms with E-state index in [1.54, 1.807) is 48.5 Å². The van der Waals surface area contributed by atoms with Crippen LogP contribution in [0.3, 0.4) is 0 Å². The van der Waals surface area contributed by atoms with E-state index in [4.69, 9.17) is 16.3 Å². The van der Waals surface area contributed by atoms with Crippen molar-refractivity contribution in [3.05, 3.63) is 46.4 Å².